The summed E-state index contributed by atoms with van der Waals surface area (Å²) < 4.78 is 0. The molecule has 0 fully saturated rings. The smallest absolute Gasteiger partial charge is 0.0936 e. The highest BCUT2D eigenvalue weighted by molar-refractivity contribution is 5.35. The van der Waals surface area contributed by atoms with E-state index in [2.05, 4.69) is 29.0 Å². The molecule has 3 nitrogen and oxygen atoms in total. The van der Waals surface area contributed by atoms with Crippen LogP contribution in [0.1, 0.15) is 20.8 Å². The zero-order chi connectivity index (χ0) is 12.6. The van der Waals surface area contributed by atoms with Gasteiger partial charge in [0.25, 0.3) is 0 Å². The summed E-state index contributed by atoms with van der Waals surface area (Å²) in [5.74, 6) is 2.48. The van der Waals surface area contributed by atoms with Crippen molar-refractivity contribution in [3.8, 4) is 18.4 Å². The maximum absolute atomic E-state index is 8.96. The number of nitrogens with one attached hydrogen (secondary N) is 1. The molecule has 1 N–H and O–H groups in total. The van der Waals surface area contributed by atoms with Crippen LogP contribution in [-0.2, 0) is 0 Å². The molecule has 0 atom stereocenters. The average Bonchev–Trinajstić information content (AvgIpc) is 2.26. The lowest BCUT2D eigenvalue weighted by atomic mass is 9.91. The Hall–Kier alpha value is -2.00. The average molecular weight is 215 g/mol. The fraction of sp³-hybridized carbons (Fsp3) is 0.385. The van der Waals surface area contributed by atoms with Gasteiger partial charge in [0.1, 0.15) is 0 Å². The van der Waals surface area contributed by atoms with Crippen LogP contribution in [0.25, 0.3) is 0 Å². The second-order valence-electron chi connectivity index (χ2n) is 3.85. The second-order valence-corrected chi connectivity index (χ2v) is 3.85. The second kappa shape index (κ2) is 6.48. The molecule has 0 aromatic heterocycles. The van der Waals surface area contributed by atoms with Crippen LogP contribution in [0.5, 0.6) is 0 Å². The Morgan fingerprint density at radius 1 is 1.56 bits per heavy atom. The van der Waals surface area contributed by atoms with Gasteiger partial charge in [-0.3, -0.25) is 4.99 Å². The minimum Gasteiger partial charge on any atom is -0.378 e. The summed E-state index contributed by atoms with van der Waals surface area (Å²) in [5.41, 5.74) is 0.926. The van der Waals surface area contributed by atoms with Crippen LogP contribution >= 0.6 is 0 Å². The molecule has 0 radical (unpaired) electrons. The number of rotatable bonds is 5. The summed E-state index contributed by atoms with van der Waals surface area (Å²) >= 11 is 0. The van der Waals surface area contributed by atoms with Gasteiger partial charge in [-0.1, -0.05) is 5.92 Å². The number of hydrogen-bond acceptors (Lipinski definition) is 3. The van der Waals surface area contributed by atoms with E-state index in [1.165, 1.54) is 0 Å². The van der Waals surface area contributed by atoms with E-state index < -0.39 is 5.41 Å². The molecule has 0 saturated carbocycles. The fourth-order valence-corrected chi connectivity index (χ4v) is 0.969. The van der Waals surface area contributed by atoms with Gasteiger partial charge in [-0.15, -0.1) is 6.42 Å². The zero-order valence-corrected chi connectivity index (χ0v) is 10.0. The highest BCUT2D eigenvalue weighted by atomic mass is 14.9. The maximum Gasteiger partial charge on any atom is 0.0936 e. The first kappa shape index (κ1) is 14.0. The van der Waals surface area contributed by atoms with Gasteiger partial charge >= 0.3 is 0 Å². The normalized spacial score (nSPS) is 12.6. The minimum absolute atomic E-state index is 0.481. The number of nitrogens with zero attached hydrogens (tertiary/aromatic N) is 2. The predicted molar refractivity (Wildman–Crippen MR) is 67.6 cm³/mol. The van der Waals surface area contributed by atoms with Crippen molar-refractivity contribution in [2.75, 3.05) is 6.54 Å². The molecule has 0 aliphatic heterocycles. The number of allylic oxidation sites excluding steroid dienone is 4. The van der Waals surface area contributed by atoms with E-state index in [9.17, 15) is 0 Å². The molecule has 0 unspecified atom stereocenters. The van der Waals surface area contributed by atoms with Crippen LogP contribution in [0.2, 0.25) is 0 Å². The van der Waals surface area contributed by atoms with Crippen LogP contribution < -0.4 is 5.32 Å². The van der Waals surface area contributed by atoms with Crippen molar-refractivity contribution in [2.24, 2.45) is 10.4 Å². The molecule has 0 aromatic rings. The summed E-state index contributed by atoms with van der Waals surface area (Å²) in [6, 6.07) is 2.18. The molecule has 3 heteroatoms. The third kappa shape index (κ3) is 4.48. The molecule has 0 amide bonds. The topological polar surface area (TPSA) is 48.2 Å². The van der Waals surface area contributed by atoms with Crippen molar-refractivity contribution in [1.29, 1.82) is 5.26 Å². The van der Waals surface area contributed by atoms with Gasteiger partial charge in [0, 0.05) is 5.70 Å². The molecule has 0 saturated heterocycles. The van der Waals surface area contributed by atoms with Crippen molar-refractivity contribution in [2.45, 2.75) is 20.8 Å². The summed E-state index contributed by atoms with van der Waals surface area (Å²) in [6.07, 6.45) is 8.73. The monoisotopic (exact) mass is 215 g/mol. The lowest BCUT2D eigenvalue weighted by Gasteiger charge is -2.14. The molecule has 0 aliphatic rings. The Balaban J connectivity index is 4.82. The number of hydrogen-bond donors (Lipinski definition) is 1. The van der Waals surface area contributed by atoms with Gasteiger partial charge in [-0.25, -0.2) is 0 Å². The number of aliphatic imine (C=N–C) groups is 1. The molecule has 0 spiro atoms. The van der Waals surface area contributed by atoms with Gasteiger partial charge in [0.15, 0.2) is 0 Å². The van der Waals surface area contributed by atoms with E-state index in [0.717, 1.165) is 5.70 Å². The maximum atomic E-state index is 8.96. The molecular weight excluding hydrogens is 198 g/mol. The van der Waals surface area contributed by atoms with E-state index in [1.807, 2.05) is 13.0 Å². The van der Waals surface area contributed by atoms with E-state index in [4.69, 9.17) is 11.7 Å². The molecule has 0 heterocycles. The highest BCUT2D eigenvalue weighted by Crippen LogP contribution is 2.25. The summed E-state index contributed by atoms with van der Waals surface area (Å²) in [4.78, 5) is 3.86. The van der Waals surface area contributed by atoms with Crippen molar-refractivity contribution in [3.63, 3.8) is 0 Å². The van der Waals surface area contributed by atoms with Gasteiger partial charge < -0.3 is 5.32 Å². The van der Waals surface area contributed by atoms with Crippen LogP contribution in [0, 0.1) is 29.1 Å². The van der Waals surface area contributed by atoms with Crippen LogP contribution in [0.3, 0.4) is 0 Å². The third-order valence-corrected chi connectivity index (χ3v) is 2.05. The van der Waals surface area contributed by atoms with Gasteiger partial charge in [-0.05, 0) is 39.6 Å². The molecule has 0 rings (SSSR count). The van der Waals surface area contributed by atoms with E-state index in [1.54, 1.807) is 19.9 Å². The summed E-state index contributed by atoms with van der Waals surface area (Å²) in [5, 5.41) is 12.0. The number of terminal acetylenes is 1. The Morgan fingerprint density at radius 3 is 2.62 bits per heavy atom. The van der Waals surface area contributed by atoms with Gasteiger partial charge in [0.2, 0.25) is 0 Å². The van der Waals surface area contributed by atoms with Crippen molar-refractivity contribution >= 4 is 6.72 Å². The van der Waals surface area contributed by atoms with Gasteiger partial charge in [0.05, 0.1) is 23.7 Å². The Kier molecular flexibility index (Phi) is 5.67. The molecule has 16 heavy (non-hydrogen) atoms. The fourth-order valence-electron chi connectivity index (χ4n) is 0.969. The first-order valence-electron chi connectivity index (χ1n) is 4.92. The Morgan fingerprint density at radius 2 is 2.19 bits per heavy atom. The predicted octanol–water partition coefficient (Wildman–Crippen LogP) is 2.25. The highest BCUT2D eigenvalue weighted by Gasteiger charge is 2.21. The van der Waals surface area contributed by atoms with Gasteiger partial charge in [-0.2, -0.15) is 5.26 Å². The molecule has 0 aromatic carbocycles. The lowest BCUT2D eigenvalue weighted by molar-refractivity contribution is 0.591. The largest absolute Gasteiger partial charge is 0.378 e. The molecule has 0 aliphatic carbocycles. The van der Waals surface area contributed by atoms with E-state index in [-0.39, 0.29) is 0 Å². The third-order valence-electron chi connectivity index (χ3n) is 2.05. The van der Waals surface area contributed by atoms with Crippen molar-refractivity contribution in [1.82, 2.24) is 5.32 Å². The van der Waals surface area contributed by atoms with Crippen LogP contribution in [0.15, 0.2) is 28.5 Å². The van der Waals surface area contributed by atoms with Crippen molar-refractivity contribution in [3.05, 3.63) is 23.5 Å². The van der Waals surface area contributed by atoms with E-state index >= 15 is 0 Å². The Bertz CT molecular complexity index is 386. The number of nitriles is 1. The SMILES string of the molecule is C#CCN/C(C)=C/C=C(\N=C)C(C)(C)C#N. The molecule has 0 bridgehead atoms. The van der Waals surface area contributed by atoms with Crippen LogP contribution in [0.4, 0.5) is 0 Å². The summed E-state index contributed by atoms with van der Waals surface area (Å²) in [6.45, 7) is 9.44. The summed E-state index contributed by atoms with van der Waals surface area (Å²) in [7, 11) is 0. The lowest BCUT2D eigenvalue weighted by Crippen LogP contribution is -2.12. The molecular formula is C13H17N3. The molecule has 84 valence electrons. The Labute approximate surface area is 97.6 Å². The quantitative estimate of drug-likeness (QED) is 0.434. The van der Waals surface area contributed by atoms with Crippen LogP contribution in [-0.4, -0.2) is 13.3 Å². The minimum atomic E-state index is -0.634. The van der Waals surface area contributed by atoms with E-state index in [0.29, 0.717) is 12.2 Å². The van der Waals surface area contributed by atoms with Crippen molar-refractivity contribution < 1.29 is 0 Å². The first-order chi connectivity index (χ1) is 7.47. The first-order valence-corrected chi connectivity index (χ1v) is 4.92. The standard InChI is InChI=1S/C13H17N3/c1-6-9-16-11(2)7-8-12(15-5)13(3,4)10-14/h1,7-8,16H,5,9H2,2-4H3/b11-7+,12-8-. The zero-order valence-electron chi connectivity index (χ0n) is 10.0.